The molecule has 72 valence electrons. The van der Waals surface area contributed by atoms with E-state index < -0.39 is 0 Å². The average Bonchev–Trinajstić information content (AvgIpc) is 2.75. The third-order valence-electron chi connectivity index (χ3n) is 1.79. The summed E-state index contributed by atoms with van der Waals surface area (Å²) >= 11 is 7.14. The van der Waals surface area contributed by atoms with Gasteiger partial charge < -0.3 is 4.42 Å². The van der Waals surface area contributed by atoms with Crippen molar-refractivity contribution in [2.24, 2.45) is 0 Å². The Morgan fingerprint density at radius 2 is 2.29 bits per heavy atom. The van der Waals surface area contributed by atoms with Gasteiger partial charge in [0.2, 0.25) is 5.78 Å². The Labute approximate surface area is 90.1 Å². The molecule has 0 aliphatic heterocycles. The molecule has 0 amide bonds. The van der Waals surface area contributed by atoms with Gasteiger partial charge >= 0.3 is 0 Å². The van der Waals surface area contributed by atoms with Crippen LogP contribution in [0.25, 0.3) is 0 Å². The highest BCUT2D eigenvalue weighted by Crippen LogP contribution is 2.16. The van der Waals surface area contributed by atoms with Gasteiger partial charge in [0.1, 0.15) is 0 Å². The molecular weight excluding hydrogens is 220 g/mol. The first kappa shape index (κ1) is 9.49. The van der Waals surface area contributed by atoms with Crippen molar-refractivity contribution in [2.75, 3.05) is 0 Å². The maximum absolute atomic E-state index is 11.6. The standard InChI is InChI=1S/C10H7ClO2S/c11-10-2-1-9(13-10)8(12)5-7-3-4-14-6-7/h1-4,6H,5H2. The predicted octanol–water partition coefficient (Wildman–Crippen LogP) is 3.42. The summed E-state index contributed by atoms with van der Waals surface area (Å²) in [7, 11) is 0. The number of hydrogen-bond donors (Lipinski definition) is 0. The molecule has 2 aromatic rings. The molecule has 0 spiro atoms. The fraction of sp³-hybridized carbons (Fsp3) is 0.100. The SMILES string of the molecule is O=C(Cc1ccsc1)c1ccc(Cl)o1. The molecule has 14 heavy (non-hydrogen) atoms. The van der Waals surface area contributed by atoms with Crippen LogP contribution in [0.4, 0.5) is 0 Å². The first-order valence-electron chi connectivity index (χ1n) is 4.05. The largest absolute Gasteiger partial charge is 0.442 e. The lowest BCUT2D eigenvalue weighted by Crippen LogP contribution is -2.00. The van der Waals surface area contributed by atoms with E-state index in [2.05, 4.69) is 0 Å². The molecule has 2 aromatic heterocycles. The summed E-state index contributed by atoms with van der Waals surface area (Å²) in [5, 5.41) is 4.14. The molecule has 0 aliphatic carbocycles. The molecule has 0 unspecified atom stereocenters. The number of ketones is 1. The first-order valence-corrected chi connectivity index (χ1v) is 5.37. The van der Waals surface area contributed by atoms with Crippen molar-refractivity contribution in [3.63, 3.8) is 0 Å². The number of Topliss-reactive ketones (excluding diaryl/α,β-unsaturated/α-hetero) is 1. The molecule has 2 heterocycles. The van der Waals surface area contributed by atoms with Gasteiger partial charge in [0, 0.05) is 6.42 Å². The minimum atomic E-state index is -0.0460. The molecule has 0 bridgehead atoms. The summed E-state index contributed by atoms with van der Waals surface area (Å²) in [6.07, 6.45) is 0.368. The van der Waals surface area contributed by atoms with Crippen LogP contribution in [0, 0.1) is 0 Å². The zero-order valence-electron chi connectivity index (χ0n) is 7.20. The van der Waals surface area contributed by atoms with Crippen LogP contribution in [0.3, 0.4) is 0 Å². The van der Waals surface area contributed by atoms with Gasteiger partial charge in [-0.15, -0.1) is 0 Å². The molecule has 2 nitrogen and oxygen atoms in total. The van der Waals surface area contributed by atoms with Gasteiger partial charge in [0.25, 0.3) is 0 Å². The van der Waals surface area contributed by atoms with E-state index in [1.54, 1.807) is 23.5 Å². The number of halogens is 1. The Balaban J connectivity index is 2.10. The normalized spacial score (nSPS) is 10.4. The average molecular weight is 227 g/mol. The maximum Gasteiger partial charge on any atom is 0.202 e. The Morgan fingerprint density at radius 1 is 1.43 bits per heavy atom. The van der Waals surface area contributed by atoms with Gasteiger partial charge in [0.05, 0.1) is 0 Å². The van der Waals surface area contributed by atoms with E-state index in [1.807, 2.05) is 16.8 Å². The van der Waals surface area contributed by atoms with Crippen LogP contribution < -0.4 is 0 Å². The quantitative estimate of drug-likeness (QED) is 0.751. The lowest BCUT2D eigenvalue weighted by Gasteiger charge is -1.93. The second-order valence-electron chi connectivity index (χ2n) is 2.84. The van der Waals surface area contributed by atoms with Crippen molar-refractivity contribution in [1.82, 2.24) is 0 Å². The first-order chi connectivity index (χ1) is 6.75. The van der Waals surface area contributed by atoms with Crippen molar-refractivity contribution in [1.29, 1.82) is 0 Å². The second-order valence-corrected chi connectivity index (χ2v) is 3.99. The van der Waals surface area contributed by atoms with E-state index in [1.165, 1.54) is 0 Å². The van der Waals surface area contributed by atoms with E-state index in [0.717, 1.165) is 5.56 Å². The van der Waals surface area contributed by atoms with Crippen molar-refractivity contribution in [3.05, 3.63) is 45.5 Å². The molecule has 2 rings (SSSR count). The van der Waals surface area contributed by atoms with Crippen LogP contribution >= 0.6 is 22.9 Å². The minimum absolute atomic E-state index is 0.0460. The fourth-order valence-electron chi connectivity index (χ4n) is 1.13. The zero-order chi connectivity index (χ0) is 9.97. The third-order valence-corrected chi connectivity index (χ3v) is 2.73. The summed E-state index contributed by atoms with van der Waals surface area (Å²) in [4.78, 5) is 11.6. The second kappa shape index (κ2) is 3.98. The van der Waals surface area contributed by atoms with E-state index >= 15 is 0 Å². The molecule has 0 N–H and O–H groups in total. The highest BCUT2D eigenvalue weighted by atomic mass is 35.5. The number of carbonyl (C=O) groups is 1. The van der Waals surface area contributed by atoms with E-state index in [0.29, 0.717) is 12.2 Å². The molecule has 0 saturated carbocycles. The van der Waals surface area contributed by atoms with Crippen molar-refractivity contribution in [2.45, 2.75) is 6.42 Å². The summed E-state index contributed by atoms with van der Waals surface area (Å²) in [5.74, 6) is 0.275. The number of rotatable bonds is 3. The van der Waals surface area contributed by atoms with Gasteiger partial charge in [-0.3, -0.25) is 4.79 Å². The predicted molar refractivity (Wildman–Crippen MR) is 56.1 cm³/mol. The number of hydrogen-bond acceptors (Lipinski definition) is 3. The molecule has 0 aromatic carbocycles. The van der Waals surface area contributed by atoms with Gasteiger partial charge in [-0.25, -0.2) is 0 Å². The van der Waals surface area contributed by atoms with Gasteiger partial charge in [-0.05, 0) is 46.1 Å². The lowest BCUT2D eigenvalue weighted by molar-refractivity contribution is 0.0966. The topological polar surface area (TPSA) is 30.2 Å². The molecule has 4 heteroatoms. The summed E-state index contributed by atoms with van der Waals surface area (Å²) in [6, 6.07) is 5.09. The fourth-order valence-corrected chi connectivity index (χ4v) is 1.94. The summed E-state index contributed by atoms with van der Waals surface area (Å²) in [6.45, 7) is 0. The van der Waals surface area contributed by atoms with Gasteiger partial charge in [-0.1, -0.05) is 0 Å². The van der Waals surface area contributed by atoms with Crippen LogP contribution in [-0.4, -0.2) is 5.78 Å². The zero-order valence-corrected chi connectivity index (χ0v) is 8.77. The lowest BCUT2D eigenvalue weighted by atomic mass is 10.1. The third kappa shape index (κ3) is 2.05. The monoisotopic (exact) mass is 226 g/mol. The summed E-state index contributed by atoms with van der Waals surface area (Å²) < 4.78 is 5.01. The van der Waals surface area contributed by atoms with Gasteiger partial charge in [0.15, 0.2) is 11.0 Å². The molecule has 0 radical (unpaired) electrons. The molecule has 0 saturated heterocycles. The molecule has 0 aliphatic rings. The van der Waals surface area contributed by atoms with Crippen molar-refractivity contribution >= 4 is 28.7 Å². The molecule has 0 fully saturated rings. The molecule has 0 atom stereocenters. The van der Waals surface area contributed by atoms with Crippen LogP contribution in [0.1, 0.15) is 16.1 Å². The minimum Gasteiger partial charge on any atom is -0.442 e. The number of thiophene rings is 1. The highest BCUT2D eigenvalue weighted by molar-refractivity contribution is 7.08. The molecular formula is C10H7ClO2S. The Morgan fingerprint density at radius 3 is 2.86 bits per heavy atom. The van der Waals surface area contributed by atoms with Gasteiger partial charge in [-0.2, -0.15) is 11.3 Å². The Hall–Kier alpha value is -1.06. The van der Waals surface area contributed by atoms with Crippen molar-refractivity contribution < 1.29 is 9.21 Å². The van der Waals surface area contributed by atoms with E-state index in [4.69, 9.17) is 16.0 Å². The van der Waals surface area contributed by atoms with Crippen LogP contribution in [0.15, 0.2) is 33.4 Å². The Kier molecular flexibility index (Phi) is 2.70. The number of carbonyl (C=O) groups excluding carboxylic acids is 1. The van der Waals surface area contributed by atoms with E-state index in [-0.39, 0.29) is 11.0 Å². The maximum atomic E-state index is 11.6. The van der Waals surface area contributed by atoms with E-state index in [9.17, 15) is 4.79 Å². The summed E-state index contributed by atoms with van der Waals surface area (Å²) in [5.41, 5.74) is 1.01. The smallest absolute Gasteiger partial charge is 0.202 e. The van der Waals surface area contributed by atoms with Crippen molar-refractivity contribution in [3.8, 4) is 0 Å². The highest BCUT2D eigenvalue weighted by Gasteiger charge is 2.11. The number of furan rings is 1. The van der Waals surface area contributed by atoms with Crippen LogP contribution in [0.5, 0.6) is 0 Å². The van der Waals surface area contributed by atoms with Crippen LogP contribution in [0.2, 0.25) is 5.22 Å². The van der Waals surface area contributed by atoms with Crippen LogP contribution in [-0.2, 0) is 6.42 Å². The Bertz CT molecular complexity index is 431.